The van der Waals surface area contributed by atoms with E-state index in [1.54, 1.807) is 6.92 Å². The summed E-state index contributed by atoms with van der Waals surface area (Å²) in [6, 6.07) is 0. The van der Waals surface area contributed by atoms with Gasteiger partial charge in [0.05, 0.1) is 18.8 Å². The number of carbonyl (C=O) groups excluding carboxylic acids is 1. The molecule has 4 nitrogen and oxygen atoms in total. The van der Waals surface area contributed by atoms with E-state index < -0.39 is 11.7 Å². The van der Waals surface area contributed by atoms with Crippen molar-refractivity contribution in [3.05, 3.63) is 0 Å². The molecular formula is C11H22O4. The van der Waals surface area contributed by atoms with Crippen LogP contribution in [0.3, 0.4) is 0 Å². The zero-order valence-corrected chi connectivity index (χ0v) is 9.77. The number of hydrogen-bond donors (Lipinski definition) is 2. The second kappa shape index (κ2) is 6.93. The fraction of sp³-hybridized carbons (Fsp3) is 0.909. The van der Waals surface area contributed by atoms with E-state index in [9.17, 15) is 15.0 Å². The van der Waals surface area contributed by atoms with Crippen LogP contribution in [0.25, 0.3) is 0 Å². The molecule has 0 saturated carbocycles. The number of aldehydes is 1. The summed E-state index contributed by atoms with van der Waals surface area (Å²) in [6.07, 6.45) is 2.20. The van der Waals surface area contributed by atoms with Gasteiger partial charge in [0, 0.05) is 0 Å². The predicted octanol–water partition coefficient (Wildman–Crippen LogP) is 0.892. The molecule has 0 saturated heterocycles. The van der Waals surface area contributed by atoms with Crippen LogP contribution in [-0.4, -0.2) is 40.9 Å². The lowest BCUT2D eigenvalue weighted by molar-refractivity contribution is -0.134. The average Bonchev–Trinajstić information content (AvgIpc) is 2.22. The minimum atomic E-state index is -1.46. The quantitative estimate of drug-likeness (QED) is 0.594. The largest absolute Gasteiger partial charge is 0.390 e. The SMILES string of the molecule is CCCC[C@@H](O)[C@H](C)OCC(C)(O)C=O. The molecule has 3 atom stereocenters. The maximum Gasteiger partial charge on any atom is 0.153 e. The van der Waals surface area contributed by atoms with E-state index in [0.717, 1.165) is 12.8 Å². The first-order chi connectivity index (χ1) is 6.93. The van der Waals surface area contributed by atoms with Crippen molar-refractivity contribution in [1.29, 1.82) is 0 Å². The van der Waals surface area contributed by atoms with Gasteiger partial charge in [0.1, 0.15) is 5.60 Å². The third kappa shape index (κ3) is 6.60. The van der Waals surface area contributed by atoms with Crippen LogP contribution in [0.2, 0.25) is 0 Å². The summed E-state index contributed by atoms with van der Waals surface area (Å²) < 4.78 is 5.23. The zero-order valence-electron chi connectivity index (χ0n) is 9.77. The normalized spacial score (nSPS) is 19.3. The number of unbranched alkanes of at least 4 members (excludes halogenated alkanes) is 1. The Bertz CT molecular complexity index is 179. The molecule has 0 fully saturated rings. The molecule has 0 spiro atoms. The summed E-state index contributed by atoms with van der Waals surface area (Å²) in [5.41, 5.74) is -1.46. The Morgan fingerprint density at radius 3 is 2.60 bits per heavy atom. The number of carbonyl (C=O) groups is 1. The number of ether oxygens (including phenoxy) is 1. The Hall–Kier alpha value is -0.450. The van der Waals surface area contributed by atoms with Gasteiger partial charge in [-0.3, -0.25) is 0 Å². The smallest absolute Gasteiger partial charge is 0.153 e. The van der Waals surface area contributed by atoms with Crippen LogP contribution in [-0.2, 0) is 9.53 Å². The molecule has 1 unspecified atom stereocenters. The molecule has 15 heavy (non-hydrogen) atoms. The standard InChI is InChI=1S/C11H22O4/c1-4-5-6-10(13)9(2)15-8-11(3,14)7-12/h7,9-10,13-14H,4-6,8H2,1-3H3/t9-,10+,11?/m0/s1. The van der Waals surface area contributed by atoms with E-state index in [0.29, 0.717) is 12.7 Å². The van der Waals surface area contributed by atoms with Gasteiger partial charge in [-0.25, -0.2) is 0 Å². The molecule has 4 heteroatoms. The Labute approximate surface area is 91.3 Å². The van der Waals surface area contributed by atoms with E-state index in [-0.39, 0.29) is 12.7 Å². The van der Waals surface area contributed by atoms with Crippen LogP contribution in [0, 0.1) is 0 Å². The minimum Gasteiger partial charge on any atom is -0.390 e. The van der Waals surface area contributed by atoms with Crippen LogP contribution < -0.4 is 0 Å². The molecule has 90 valence electrons. The highest BCUT2D eigenvalue weighted by Gasteiger charge is 2.22. The third-order valence-electron chi connectivity index (χ3n) is 2.29. The van der Waals surface area contributed by atoms with Crippen molar-refractivity contribution in [3.8, 4) is 0 Å². The van der Waals surface area contributed by atoms with Gasteiger partial charge < -0.3 is 19.7 Å². The fourth-order valence-corrected chi connectivity index (χ4v) is 1.09. The summed E-state index contributed by atoms with van der Waals surface area (Å²) in [4.78, 5) is 10.4. The molecule has 0 rings (SSSR count). The van der Waals surface area contributed by atoms with Gasteiger partial charge in [-0.05, 0) is 20.3 Å². The van der Waals surface area contributed by atoms with Gasteiger partial charge in [0.25, 0.3) is 0 Å². The molecule has 0 bridgehead atoms. The monoisotopic (exact) mass is 218 g/mol. The van der Waals surface area contributed by atoms with Crippen molar-refractivity contribution in [2.75, 3.05) is 6.61 Å². The van der Waals surface area contributed by atoms with Crippen LogP contribution >= 0.6 is 0 Å². The van der Waals surface area contributed by atoms with Crippen LogP contribution in [0.5, 0.6) is 0 Å². The second-order valence-corrected chi connectivity index (χ2v) is 4.20. The molecule has 0 aromatic rings. The summed E-state index contributed by atoms with van der Waals surface area (Å²) in [7, 11) is 0. The first-order valence-electron chi connectivity index (χ1n) is 5.41. The Kier molecular flexibility index (Phi) is 6.72. The van der Waals surface area contributed by atoms with Crippen LogP contribution in [0.15, 0.2) is 0 Å². The molecule has 0 aliphatic carbocycles. The zero-order chi connectivity index (χ0) is 11.9. The first kappa shape index (κ1) is 14.6. The van der Waals surface area contributed by atoms with Crippen molar-refractivity contribution in [1.82, 2.24) is 0 Å². The number of rotatable bonds is 8. The maximum absolute atomic E-state index is 10.4. The van der Waals surface area contributed by atoms with Gasteiger partial charge in [0.2, 0.25) is 0 Å². The van der Waals surface area contributed by atoms with Gasteiger partial charge in [0.15, 0.2) is 6.29 Å². The highest BCUT2D eigenvalue weighted by Crippen LogP contribution is 2.10. The van der Waals surface area contributed by atoms with E-state index in [1.807, 2.05) is 0 Å². The van der Waals surface area contributed by atoms with Gasteiger partial charge >= 0.3 is 0 Å². The number of hydrogen-bond acceptors (Lipinski definition) is 4. The summed E-state index contributed by atoms with van der Waals surface area (Å²) in [5, 5.41) is 19.0. The molecule has 0 aromatic heterocycles. The molecule has 0 amide bonds. The minimum absolute atomic E-state index is 0.0825. The van der Waals surface area contributed by atoms with Gasteiger partial charge in [-0.1, -0.05) is 19.8 Å². The van der Waals surface area contributed by atoms with Gasteiger partial charge in [-0.2, -0.15) is 0 Å². The Balaban J connectivity index is 3.81. The first-order valence-corrected chi connectivity index (χ1v) is 5.41. The maximum atomic E-state index is 10.4. The predicted molar refractivity (Wildman–Crippen MR) is 57.6 cm³/mol. The molecular weight excluding hydrogens is 196 g/mol. The fourth-order valence-electron chi connectivity index (χ4n) is 1.09. The van der Waals surface area contributed by atoms with Crippen molar-refractivity contribution in [3.63, 3.8) is 0 Å². The summed E-state index contributed by atoms with van der Waals surface area (Å²) >= 11 is 0. The van der Waals surface area contributed by atoms with E-state index in [1.165, 1.54) is 6.92 Å². The van der Waals surface area contributed by atoms with Crippen LogP contribution in [0.4, 0.5) is 0 Å². The van der Waals surface area contributed by atoms with Crippen molar-refractivity contribution in [2.45, 2.75) is 57.8 Å². The Morgan fingerprint density at radius 2 is 2.13 bits per heavy atom. The third-order valence-corrected chi connectivity index (χ3v) is 2.29. The van der Waals surface area contributed by atoms with E-state index in [4.69, 9.17) is 4.74 Å². The molecule has 0 heterocycles. The second-order valence-electron chi connectivity index (χ2n) is 4.20. The van der Waals surface area contributed by atoms with E-state index in [2.05, 4.69) is 6.92 Å². The number of aliphatic hydroxyl groups is 2. The van der Waals surface area contributed by atoms with Gasteiger partial charge in [-0.15, -0.1) is 0 Å². The van der Waals surface area contributed by atoms with E-state index >= 15 is 0 Å². The van der Waals surface area contributed by atoms with Crippen molar-refractivity contribution < 1.29 is 19.7 Å². The topological polar surface area (TPSA) is 66.8 Å². The summed E-state index contributed by atoms with van der Waals surface area (Å²) in [5.74, 6) is 0. The highest BCUT2D eigenvalue weighted by molar-refractivity contribution is 5.61. The van der Waals surface area contributed by atoms with Crippen molar-refractivity contribution >= 4 is 6.29 Å². The van der Waals surface area contributed by atoms with Crippen molar-refractivity contribution in [2.24, 2.45) is 0 Å². The molecule has 0 aliphatic heterocycles. The Morgan fingerprint density at radius 1 is 1.53 bits per heavy atom. The molecule has 0 aromatic carbocycles. The number of aliphatic hydroxyl groups excluding tert-OH is 1. The highest BCUT2D eigenvalue weighted by atomic mass is 16.5. The molecule has 2 N–H and O–H groups in total. The lowest BCUT2D eigenvalue weighted by Gasteiger charge is -2.23. The molecule has 0 radical (unpaired) electrons. The average molecular weight is 218 g/mol. The summed E-state index contributed by atoms with van der Waals surface area (Å²) in [6.45, 7) is 5.09. The lowest BCUT2D eigenvalue weighted by Crippen LogP contribution is -2.37. The van der Waals surface area contributed by atoms with Crippen LogP contribution in [0.1, 0.15) is 40.0 Å². The lowest BCUT2D eigenvalue weighted by atomic mass is 10.1. The molecule has 0 aliphatic rings.